The molecule has 7 heteroatoms. The Balaban J connectivity index is 2.61. The molecule has 0 radical (unpaired) electrons. The van der Waals surface area contributed by atoms with Gasteiger partial charge in [0.2, 0.25) is 0 Å². The summed E-state index contributed by atoms with van der Waals surface area (Å²) in [5.74, 6) is -0.351. The highest BCUT2D eigenvalue weighted by Crippen LogP contribution is 2.27. The molecule has 0 spiro atoms. The lowest BCUT2D eigenvalue weighted by Gasteiger charge is -2.10. The molecule has 0 aliphatic carbocycles. The molecule has 0 unspecified atom stereocenters. The molecule has 16 heavy (non-hydrogen) atoms. The average molecular weight is 263 g/mol. The van der Waals surface area contributed by atoms with Gasteiger partial charge in [0.15, 0.2) is 10.6 Å². The van der Waals surface area contributed by atoms with Gasteiger partial charge in [-0.15, -0.1) is 11.3 Å². The largest absolute Gasteiger partial charge is 0.477 e. The highest BCUT2D eigenvalue weighted by Gasteiger charge is 2.15. The summed E-state index contributed by atoms with van der Waals surface area (Å²) >= 11 is 2.60. The van der Waals surface area contributed by atoms with E-state index in [1.807, 2.05) is 0 Å². The number of carboxylic acid groups (broad SMARTS) is 1. The van der Waals surface area contributed by atoms with Gasteiger partial charge in [0.05, 0.1) is 11.4 Å². The van der Waals surface area contributed by atoms with E-state index in [1.165, 1.54) is 23.1 Å². The number of hydrogen-bond donors (Lipinski definition) is 1. The first-order valence-electron chi connectivity index (χ1n) is 4.47. The van der Waals surface area contributed by atoms with Crippen LogP contribution in [0.2, 0.25) is 0 Å². The van der Waals surface area contributed by atoms with E-state index in [9.17, 15) is 4.79 Å². The van der Waals surface area contributed by atoms with Crippen LogP contribution in [0.1, 0.15) is 15.4 Å². The molecule has 1 aromatic rings. The molecule has 1 N–H and O–H groups in total. The monoisotopic (exact) mass is 263 g/mol. The van der Waals surface area contributed by atoms with Gasteiger partial charge in [-0.25, -0.2) is 9.78 Å². The van der Waals surface area contributed by atoms with E-state index in [2.05, 4.69) is 4.98 Å². The van der Waals surface area contributed by atoms with Crippen molar-refractivity contribution in [1.29, 1.82) is 0 Å². The number of aryl methyl sites for hydroxylation is 1. The number of aromatic nitrogens is 1. The minimum atomic E-state index is -0.933. The summed E-state index contributed by atoms with van der Waals surface area (Å²) in [5.41, 5.74) is 0.548. The quantitative estimate of drug-likeness (QED) is 0.624. The normalized spacial score (nSPS) is 11.0. The summed E-state index contributed by atoms with van der Waals surface area (Å²) in [4.78, 5) is 15.2. The van der Waals surface area contributed by atoms with Gasteiger partial charge in [0.25, 0.3) is 0 Å². The molecule has 0 amide bonds. The average Bonchev–Trinajstić information content (AvgIpc) is 2.61. The molecule has 1 rings (SSSR count). The second-order valence-electron chi connectivity index (χ2n) is 2.91. The maximum atomic E-state index is 10.8. The molecule has 1 aromatic heterocycles. The maximum absolute atomic E-state index is 10.8. The number of carbonyl (C=O) groups is 1. The van der Waals surface area contributed by atoms with E-state index in [4.69, 9.17) is 14.6 Å². The predicted molar refractivity (Wildman–Crippen MR) is 62.3 cm³/mol. The van der Waals surface area contributed by atoms with Crippen molar-refractivity contribution in [3.8, 4) is 0 Å². The number of hydrogen-bond acceptors (Lipinski definition) is 6. The van der Waals surface area contributed by atoms with E-state index in [-0.39, 0.29) is 11.2 Å². The molecule has 1 heterocycles. The minimum absolute atomic E-state index is 0.286. The van der Waals surface area contributed by atoms with Crippen LogP contribution in [0.3, 0.4) is 0 Å². The third-order valence-corrected chi connectivity index (χ3v) is 4.16. The zero-order chi connectivity index (χ0) is 12.1. The molecule has 0 saturated heterocycles. The Morgan fingerprint density at radius 2 is 2.19 bits per heavy atom. The maximum Gasteiger partial charge on any atom is 0.347 e. The van der Waals surface area contributed by atoms with Gasteiger partial charge in [-0.2, -0.15) is 0 Å². The first kappa shape index (κ1) is 13.4. The summed E-state index contributed by atoms with van der Waals surface area (Å²) in [6, 6.07) is 0. The number of thioether (sulfide) groups is 1. The highest BCUT2D eigenvalue weighted by atomic mass is 32.2. The molecule has 0 atom stereocenters. The van der Waals surface area contributed by atoms with E-state index >= 15 is 0 Å². The van der Waals surface area contributed by atoms with Crippen molar-refractivity contribution in [3.63, 3.8) is 0 Å². The Morgan fingerprint density at radius 1 is 1.56 bits per heavy atom. The Hall–Kier alpha value is -0.630. The number of thiazole rings is 1. The van der Waals surface area contributed by atoms with Gasteiger partial charge in [-0.1, -0.05) is 11.8 Å². The van der Waals surface area contributed by atoms with Crippen LogP contribution in [-0.4, -0.2) is 42.3 Å². The van der Waals surface area contributed by atoms with E-state index in [1.54, 1.807) is 21.1 Å². The van der Waals surface area contributed by atoms with Crippen molar-refractivity contribution in [2.24, 2.45) is 0 Å². The van der Waals surface area contributed by atoms with Crippen molar-refractivity contribution in [1.82, 2.24) is 4.98 Å². The lowest BCUT2D eigenvalue weighted by molar-refractivity contribution is -0.0842. The molecular formula is C9H13NO4S2. The molecule has 0 aliphatic rings. The van der Waals surface area contributed by atoms with Crippen LogP contribution in [-0.2, 0) is 9.47 Å². The van der Waals surface area contributed by atoms with Crippen molar-refractivity contribution in [2.45, 2.75) is 17.6 Å². The number of aromatic carboxylic acids is 1. The van der Waals surface area contributed by atoms with Gasteiger partial charge in [-0.05, 0) is 6.92 Å². The van der Waals surface area contributed by atoms with Gasteiger partial charge in [0.1, 0.15) is 4.88 Å². The second-order valence-corrected chi connectivity index (χ2v) is 5.18. The van der Waals surface area contributed by atoms with Gasteiger partial charge in [-0.3, -0.25) is 0 Å². The van der Waals surface area contributed by atoms with Crippen LogP contribution in [0.4, 0.5) is 0 Å². The number of carboxylic acids is 1. The number of methoxy groups -OCH3 is 2. The molecular weight excluding hydrogens is 250 g/mol. The molecule has 5 nitrogen and oxygen atoms in total. The number of ether oxygens (including phenoxy) is 2. The van der Waals surface area contributed by atoms with Crippen molar-refractivity contribution in [3.05, 3.63) is 10.6 Å². The van der Waals surface area contributed by atoms with Crippen molar-refractivity contribution < 1.29 is 19.4 Å². The topological polar surface area (TPSA) is 68.7 Å². The summed E-state index contributed by atoms with van der Waals surface area (Å²) in [6.45, 7) is 1.69. The van der Waals surface area contributed by atoms with Crippen LogP contribution in [0, 0.1) is 6.92 Å². The fourth-order valence-corrected chi connectivity index (χ4v) is 3.08. The van der Waals surface area contributed by atoms with Crippen LogP contribution in [0.15, 0.2) is 4.34 Å². The summed E-state index contributed by atoms with van der Waals surface area (Å²) in [5, 5.41) is 8.86. The fraction of sp³-hybridized carbons (Fsp3) is 0.556. The van der Waals surface area contributed by atoms with Crippen LogP contribution in [0.25, 0.3) is 0 Å². The fourth-order valence-electron chi connectivity index (χ4n) is 1.00. The Kier molecular flexibility index (Phi) is 5.20. The molecule has 0 saturated carbocycles. The van der Waals surface area contributed by atoms with Gasteiger partial charge < -0.3 is 14.6 Å². The first-order chi connectivity index (χ1) is 7.58. The number of nitrogens with zero attached hydrogens (tertiary/aromatic N) is 1. The molecule has 0 bridgehead atoms. The first-order valence-corrected chi connectivity index (χ1v) is 6.27. The Morgan fingerprint density at radius 3 is 2.62 bits per heavy atom. The zero-order valence-electron chi connectivity index (χ0n) is 9.22. The Labute approximate surface area is 102 Å². The minimum Gasteiger partial charge on any atom is -0.477 e. The second kappa shape index (κ2) is 6.19. The molecule has 0 aromatic carbocycles. The zero-order valence-corrected chi connectivity index (χ0v) is 10.9. The lowest BCUT2D eigenvalue weighted by Crippen LogP contribution is -2.15. The third kappa shape index (κ3) is 3.44. The van der Waals surface area contributed by atoms with Crippen LogP contribution < -0.4 is 0 Å². The van der Waals surface area contributed by atoms with Crippen molar-refractivity contribution in [2.75, 3.05) is 20.0 Å². The lowest BCUT2D eigenvalue weighted by atomic mass is 10.4. The smallest absolute Gasteiger partial charge is 0.347 e. The SMILES string of the molecule is COC(CSc1nc(C)c(C(=O)O)s1)OC. The third-order valence-electron chi connectivity index (χ3n) is 1.84. The Bertz CT molecular complexity index is 362. The summed E-state index contributed by atoms with van der Waals surface area (Å²) in [7, 11) is 3.12. The van der Waals surface area contributed by atoms with E-state index in [0.717, 1.165) is 0 Å². The van der Waals surface area contributed by atoms with Gasteiger partial charge >= 0.3 is 5.97 Å². The van der Waals surface area contributed by atoms with Crippen LogP contribution >= 0.6 is 23.1 Å². The van der Waals surface area contributed by atoms with Gasteiger partial charge in [0, 0.05) is 14.2 Å². The molecule has 0 fully saturated rings. The van der Waals surface area contributed by atoms with E-state index in [0.29, 0.717) is 15.8 Å². The van der Waals surface area contributed by atoms with E-state index < -0.39 is 5.97 Å². The highest BCUT2D eigenvalue weighted by molar-refractivity contribution is 8.01. The standard InChI is InChI=1S/C9H13NO4S2/c1-5-7(8(11)12)16-9(10-5)15-4-6(13-2)14-3/h6H,4H2,1-3H3,(H,11,12). The summed E-state index contributed by atoms with van der Waals surface area (Å²) in [6.07, 6.45) is -0.303. The predicted octanol–water partition coefficient (Wildman–Crippen LogP) is 1.86. The number of rotatable bonds is 6. The molecule has 90 valence electrons. The summed E-state index contributed by atoms with van der Waals surface area (Å²) < 4.78 is 10.8. The molecule has 0 aliphatic heterocycles. The van der Waals surface area contributed by atoms with Crippen molar-refractivity contribution >= 4 is 29.1 Å². The van der Waals surface area contributed by atoms with Crippen LogP contribution in [0.5, 0.6) is 0 Å².